The van der Waals surface area contributed by atoms with Crippen molar-refractivity contribution in [1.29, 1.82) is 0 Å². The Hall–Kier alpha value is -0.820. The van der Waals surface area contributed by atoms with Gasteiger partial charge in [0.25, 0.3) is 0 Å². The molecule has 0 aromatic heterocycles. The molecule has 1 aromatic rings. The molecule has 0 N–H and O–H groups in total. The number of fused-ring (bicyclic) bond motifs is 1. The standard InChI is InChI=1S/C17H25N/c1-14-6-5-9-16-13-18(11-10-17(14)16)12-15-7-3-2-4-8-15/h5-6,9,15H,2-4,7-8,10-13H2,1H3. The quantitative estimate of drug-likeness (QED) is 0.760. The molecule has 0 saturated heterocycles. The third-order valence-electron chi connectivity index (χ3n) is 4.82. The second-order valence-electron chi connectivity index (χ2n) is 6.20. The summed E-state index contributed by atoms with van der Waals surface area (Å²) in [5.41, 5.74) is 4.69. The highest BCUT2D eigenvalue weighted by Crippen LogP contribution is 2.27. The number of hydrogen-bond donors (Lipinski definition) is 0. The highest BCUT2D eigenvalue weighted by molar-refractivity contribution is 5.36. The Bertz CT molecular complexity index is 404. The van der Waals surface area contributed by atoms with Gasteiger partial charge in [0.1, 0.15) is 0 Å². The van der Waals surface area contributed by atoms with Crippen molar-refractivity contribution < 1.29 is 0 Å². The van der Waals surface area contributed by atoms with Gasteiger partial charge in [-0.2, -0.15) is 0 Å². The summed E-state index contributed by atoms with van der Waals surface area (Å²) in [5.74, 6) is 0.977. The van der Waals surface area contributed by atoms with Crippen molar-refractivity contribution in [2.75, 3.05) is 13.1 Å². The Kier molecular flexibility index (Phi) is 3.69. The summed E-state index contributed by atoms with van der Waals surface area (Å²) in [7, 11) is 0. The molecule has 18 heavy (non-hydrogen) atoms. The molecule has 1 aliphatic carbocycles. The number of rotatable bonds is 2. The van der Waals surface area contributed by atoms with Crippen LogP contribution in [0, 0.1) is 12.8 Å². The Labute approximate surface area is 111 Å². The van der Waals surface area contributed by atoms with Gasteiger partial charge in [-0.05, 0) is 48.8 Å². The van der Waals surface area contributed by atoms with Gasteiger partial charge >= 0.3 is 0 Å². The first-order chi connectivity index (χ1) is 8.83. The van der Waals surface area contributed by atoms with E-state index in [1.165, 1.54) is 63.7 Å². The lowest BCUT2D eigenvalue weighted by Crippen LogP contribution is -2.35. The molecule has 98 valence electrons. The van der Waals surface area contributed by atoms with Gasteiger partial charge in [0, 0.05) is 19.6 Å². The first-order valence-electron chi connectivity index (χ1n) is 7.62. The molecular weight excluding hydrogens is 218 g/mol. The Balaban J connectivity index is 1.64. The smallest absolute Gasteiger partial charge is 0.0236 e. The van der Waals surface area contributed by atoms with Crippen molar-refractivity contribution in [3.8, 4) is 0 Å². The van der Waals surface area contributed by atoms with Crippen LogP contribution in [0.2, 0.25) is 0 Å². The molecule has 3 rings (SSSR count). The fourth-order valence-electron chi connectivity index (χ4n) is 3.75. The number of benzene rings is 1. The summed E-state index contributed by atoms with van der Waals surface area (Å²) < 4.78 is 0. The van der Waals surface area contributed by atoms with Crippen molar-refractivity contribution in [2.45, 2.75) is 52.0 Å². The zero-order valence-electron chi connectivity index (χ0n) is 11.6. The molecule has 1 aromatic carbocycles. The monoisotopic (exact) mass is 243 g/mol. The summed E-state index contributed by atoms with van der Waals surface area (Å²) in [6, 6.07) is 6.81. The van der Waals surface area contributed by atoms with Gasteiger partial charge in [0.15, 0.2) is 0 Å². The Morgan fingerprint density at radius 1 is 1.17 bits per heavy atom. The average molecular weight is 243 g/mol. The van der Waals surface area contributed by atoms with E-state index in [0.29, 0.717) is 0 Å². The molecule has 0 radical (unpaired) electrons. The molecule has 1 saturated carbocycles. The highest BCUT2D eigenvalue weighted by Gasteiger charge is 2.21. The first-order valence-corrected chi connectivity index (χ1v) is 7.62. The third-order valence-corrected chi connectivity index (χ3v) is 4.82. The zero-order valence-corrected chi connectivity index (χ0v) is 11.6. The minimum atomic E-state index is 0.977. The number of nitrogens with zero attached hydrogens (tertiary/aromatic N) is 1. The van der Waals surface area contributed by atoms with Gasteiger partial charge in [-0.3, -0.25) is 4.90 Å². The van der Waals surface area contributed by atoms with Gasteiger partial charge in [0.05, 0.1) is 0 Å². The lowest BCUT2D eigenvalue weighted by molar-refractivity contribution is 0.187. The predicted molar refractivity (Wildman–Crippen MR) is 76.7 cm³/mol. The molecule has 1 fully saturated rings. The van der Waals surface area contributed by atoms with E-state index in [1.807, 2.05) is 0 Å². The van der Waals surface area contributed by atoms with Crippen molar-refractivity contribution in [3.63, 3.8) is 0 Å². The van der Waals surface area contributed by atoms with Gasteiger partial charge in [-0.1, -0.05) is 37.5 Å². The first kappa shape index (κ1) is 12.2. The van der Waals surface area contributed by atoms with E-state index in [0.717, 1.165) is 5.92 Å². The fourth-order valence-corrected chi connectivity index (χ4v) is 3.75. The topological polar surface area (TPSA) is 3.24 Å². The van der Waals surface area contributed by atoms with Crippen LogP contribution >= 0.6 is 0 Å². The molecule has 1 heteroatoms. The predicted octanol–water partition coefficient (Wildman–Crippen LogP) is 3.93. The van der Waals surface area contributed by atoms with Gasteiger partial charge in [-0.15, -0.1) is 0 Å². The zero-order chi connectivity index (χ0) is 12.4. The minimum absolute atomic E-state index is 0.977. The molecule has 1 nitrogen and oxygen atoms in total. The summed E-state index contributed by atoms with van der Waals surface area (Å²) in [5, 5.41) is 0. The van der Waals surface area contributed by atoms with Crippen molar-refractivity contribution in [3.05, 3.63) is 34.9 Å². The summed E-state index contributed by atoms with van der Waals surface area (Å²) >= 11 is 0. The maximum Gasteiger partial charge on any atom is 0.0236 e. The van der Waals surface area contributed by atoms with Gasteiger partial charge in [0.2, 0.25) is 0 Å². The van der Waals surface area contributed by atoms with Crippen LogP contribution in [0.1, 0.15) is 48.8 Å². The van der Waals surface area contributed by atoms with Crippen LogP contribution in [0.25, 0.3) is 0 Å². The average Bonchev–Trinajstić information content (AvgIpc) is 2.40. The van der Waals surface area contributed by atoms with E-state index >= 15 is 0 Å². The molecule has 1 heterocycles. The summed E-state index contributed by atoms with van der Waals surface area (Å²) in [6.07, 6.45) is 8.60. The molecule has 0 spiro atoms. The fraction of sp³-hybridized carbons (Fsp3) is 0.647. The minimum Gasteiger partial charge on any atom is -0.298 e. The SMILES string of the molecule is Cc1cccc2c1CCN(CC1CCCCC1)C2. The lowest BCUT2D eigenvalue weighted by atomic mass is 9.88. The maximum absolute atomic E-state index is 2.69. The summed E-state index contributed by atoms with van der Waals surface area (Å²) in [6.45, 7) is 6.06. The Morgan fingerprint density at radius 2 is 2.00 bits per heavy atom. The molecule has 1 aliphatic heterocycles. The van der Waals surface area contributed by atoms with Crippen LogP contribution in [0.5, 0.6) is 0 Å². The van der Waals surface area contributed by atoms with Crippen molar-refractivity contribution in [2.24, 2.45) is 5.92 Å². The van der Waals surface area contributed by atoms with E-state index < -0.39 is 0 Å². The second-order valence-corrected chi connectivity index (χ2v) is 6.20. The van der Waals surface area contributed by atoms with Crippen LogP contribution in [-0.4, -0.2) is 18.0 Å². The van der Waals surface area contributed by atoms with E-state index in [2.05, 4.69) is 30.0 Å². The number of aryl methyl sites for hydroxylation is 1. The van der Waals surface area contributed by atoms with Crippen molar-refractivity contribution in [1.82, 2.24) is 4.90 Å². The van der Waals surface area contributed by atoms with E-state index in [1.54, 1.807) is 11.1 Å². The van der Waals surface area contributed by atoms with Crippen molar-refractivity contribution >= 4 is 0 Å². The second kappa shape index (κ2) is 5.44. The van der Waals surface area contributed by atoms with E-state index in [9.17, 15) is 0 Å². The van der Waals surface area contributed by atoms with Crippen LogP contribution in [0.15, 0.2) is 18.2 Å². The number of hydrogen-bond acceptors (Lipinski definition) is 1. The normalized spacial score (nSPS) is 21.8. The largest absolute Gasteiger partial charge is 0.298 e. The summed E-state index contributed by atoms with van der Waals surface area (Å²) in [4.78, 5) is 2.69. The van der Waals surface area contributed by atoms with Gasteiger partial charge < -0.3 is 0 Å². The van der Waals surface area contributed by atoms with Gasteiger partial charge in [-0.25, -0.2) is 0 Å². The third kappa shape index (κ3) is 2.61. The molecular formula is C17H25N. The van der Waals surface area contributed by atoms with Crippen LogP contribution in [-0.2, 0) is 13.0 Å². The van der Waals surface area contributed by atoms with E-state index in [4.69, 9.17) is 0 Å². The molecule has 0 atom stereocenters. The lowest BCUT2D eigenvalue weighted by Gasteiger charge is -2.33. The molecule has 0 amide bonds. The van der Waals surface area contributed by atoms with Crippen LogP contribution in [0.4, 0.5) is 0 Å². The molecule has 0 bridgehead atoms. The maximum atomic E-state index is 2.69. The molecule has 2 aliphatic rings. The highest BCUT2D eigenvalue weighted by atomic mass is 15.1. The molecule has 0 unspecified atom stereocenters. The van der Waals surface area contributed by atoms with Crippen LogP contribution in [0.3, 0.4) is 0 Å². The van der Waals surface area contributed by atoms with Crippen LogP contribution < -0.4 is 0 Å². The Morgan fingerprint density at radius 3 is 2.83 bits per heavy atom. The van der Waals surface area contributed by atoms with E-state index in [-0.39, 0.29) is 0 Å².